The molecule has 0 radical (unpaired) electrons. The van der Waals surface area contributed by atoms with Gasteiger partial charge in [-0.1, -0.05) is 34.3 Å². The quantitative estimate of drug-likeness (QED) is 0.197. The second-order valence-electron chi connectivity index (χ2n) is 14.3. The molecule has 8 rings (SSSR count). The highest BCUT2D eigenvalue weighted by Gasteiger charge is 2.40. The van der Waals surface area contributed by atoms with E-state index < -0.39 is 0 Å². The predicted molar refractivity (Wildman–Crippen MR) is 198 cm³/mol. The number of aromatic nitrogens is 8. The summed E-state index contributed by atoms with van der Waals surface area (Å²) in [6.45, 7) is 8.82. The zero-order valence-corrected chi connectivity index (χ0v) is 30.4. The van der Waals surface area contributed by atoms with Crippen LogP contribution in [0.25, 0.3) is 23.0 Å². The van der Waals surface area contributed by atoms with Gasteiger partial charge in [0.2, 0.25) is 23.4 Å². The van der Waals surface area contributed by atoms with Crippen LogP contribution in [0.1, 0.15) is 99.8 Å². The van der Waals surface area contributed by atoms with Crippen LogP contribution in [0, 0.1) is 23.7 Å². The van der Waals surface area contributed by atoms with Gasteiger partial charge >= 0.3 is 0 Å². The number of hydrogen-bond acceptors (Lipinski definition) is 12. The maximum Gasteiger partial charge on any atom is 0.244 e. The minimum Gasteiger partial charge on any atom is -0.337 e. The zero-order valence-electron chi connectivity index (χ0n) is 30.4. The Kier molecular flexibility index (Phi) is 10.2. The third-order valence-corrected chi connectivity index (χ3v) is 9.53. The third kappa shape index (κ3) is 8.70. The summed E-state index contributed by atoms with van der Waals surface area (Å²) in [5.41, 5.74) is 4.66. The lowest BCUT2D eigenvalue weighted by Crippen LogP contribution is -2.36. The number of likely N-dealkylation sites (tertiary alicyclic amines) is 1. The summed E-state index contributed by atoms with van der Waals surface area (Å²) in [5, 5.41) is 11.7. The van der Waals surface area contributed by atoms with Crippen LogP contribution in [0.15, 0.2) is 94.5 Å². The van der Waals surface area contributed by atoms with Crippen LogP contribution >= 0.6 is 0 Å². The lowest BCUT2D eigenvalue weighted by molar-refractivity contribution is 0.146. The molecule has 2 fully saturated rings. The number of rotatable bonds is 4. The summed E-state index contributed by atoms with van der Waals surface area (Å²) in [6, 6.07) is 19.1. The first kappa shape index (κ1) is 35.3. The minimum absolute atomic E-state index is 0.103. The van der Waals surface area contributed by atoms with E-state index >= 15 is 0 Å². The average molecular weight is 705 g/mol. The van der Waals surface area contributed by atoms with Gasteiger partial charge in [0.25, 0.3) is 0 Å². The smallest absolute Gasteiger partial charge is 0.244 e. The lowest BCUT2D eigenvalue weighted by atomic mass is 10.0. The zero-order chi connectivity index (χ0) is 36.8. The predicted octanol–water partition coefficient (Wildman–Crippen LogP) is 6.60. The normalized spacial score (nSPS) is 18.6. The van der Waals surface area contributed by atoms with Crippen molar-refractivity contribution in [3.8, 4) is 46.7 Å². The maximum absolute atomic E-state index is 5.52. The van der Waals surface area contributed by atoms with Crippen LogP contribution in [0.3, 0.4) is 0 Å². The van der Waals surface area contributed by atoms with Gasteiger partial charge in [-0.05, 0) is 121 Å². The molecule has 2 unspecified atom stereocenters. The Morgan fingerprint density at radius 3 is 1.68 bits per heavy atom. The van der Waals surface area contributed by atoms with Crippen LogP contribution in [-0.2, 0) is 0 Å². The second-order valence-corrected chi connectivity index (χ2v) is 14.3. The molecule has 0 aliphatic carbocycles. The van der Waals surface area contributed by atoms with Crippen LogP contribution in [0.5, 0.6) is 0 Å². The Morgan fingerprint density at radius 1 is 0.660 bits per heavy atom. The fourth-order valence-electron chi connectivity index (χ4n) is 6.18. The largest absolute Gasteiger partial charge is 0.337 e. The molecule has 2 saturated heterocycles. The van der Waals surface area contributed by atoms with Crippen molar-refractivity contribution in [2.24, 2.45) is 0 Å². The molecule has 2 aliphatic rings. The van der Waals surface area contributed by atoms with Crippen molar-refractivity contribution in [2.45, 2.75) is 76.5 Å². The Labute approximate surface area is 308 Å². The topological polar surface area (TPSA) is 145 Å². The summed E-state index contributed by atoms with van der Waals surface area (Å²) >= 11 is 0. The summed E-state index contributed by atoms with van der Waals surface area (Å²) in [4.78, 5) is 28.6. The van der Waals surface area contributed by atoms with Crippen LogP contribution in [0.4, 0.5) is 0 Å². The van der Waals surface area contributed by atoms with E-state index in [1.165, 1.54) is 0 Å². The standard InChI is InChI=1S/C21H21N5O.C20H19N5O/c1-21(2)12-11-18(26(21)3)20-24-19(25-27-20)17-10-8-15(14-23-17)7-9-16-6-4-5-13-22-16;1-20(2)11-10-17(24-20)19-23-18(25-26-19)16-9-7-14(13-22-16)6-8-15-5-3-4-12-21-15/h4-6,8,10,13-14,18H,11-12H2,1-3H3;3-5,7,9,12-13,17,24H,10-11H2,1-2H3. The maximum atomic E-state index is 5.52. The van der Waals surface area contributed by atoms with Crippen LogP contribution in [0.2, 0.25) is 0 Å². The van der Waals surface area contributed by atoms with E-state index in [0.29, 0.717) is 34.8 Å². The van der Waals surface area contributed by atoms with E-state index in [4.69, 9.17) is 9.05 Å². The van der Waals surface area contributed by atoms with Crippen molar-refractivity contribution < 1.29 is 9.05 Å². The molecule has 0 bridgehead atoms. The Hall–Kier alpha value is -6.08. The van der Waals surface area contributed by atoms with Crippen molar-refractivity contribution >= 4 is 0 Å². The Balaban J connectivity index is 0.000000164. The van der Waals surface area contributed by atoms with Gasteiger partial charge in [-0.15, -0.1) is 0 Å². The fourth-order valence-corrected chi connectivity index (χ4v) is 6.18. The van der Waals surface area contributed by atoms with Crippen molar-refractivity contribution in [1.29, 1.82) is 0 Å². The highest BCUT2D eigenvalue weighted by Crippen LogP contribution is 2.40. The first-order chi connectivity index (χ1) is 25.6. The molecular formula is C41H40N10O2. The molecule has 8 heterocycles. The number of nitrogens with zero attached hydrogens (tertiary/aromatic N) is 9. The molecule has 0 amide bonds. The minimum atomic E-state index is 0.103. The first-order valence-electron chi connectivity index (χ1n) is 17.6. The third-order valence-electron chi connectivity index (χ3n) is 9.53. The number of nitrogens with one attached hydrogen (secondary N) is 1. The fraction of sp³-hybridized carbons (Fsp3) is 0.317. The van der Waals surface area contributed by atoms with Gasteiger partial charge in [0.05, 0.1) is 12.1 Å². The number of pyridine rings is 4. The molecule has 6 aromatic rings. The molecule has 12 heteroatoms. The van der Waals surface area contributed by atoms with E-state index in [-0.39, 0.29) is 23.2 Å². The van der Waals surface area contributed by atoms with Gasteiger partial charge in [0.1, 0.15) is 22.8 Å². The summed E-state index contributed by atoms with van der Waals surface area (Å²) in [6.07, 6.45) is 11.1. The second kappa shape index (κ2) is 15.3. The van der Waals surface area contributed by atoms with Gasteiger partial charge in [-0.2, -0.15) is 9.97 Å². The van der Waals surface area contributed by atoms with Crippen LogP contribution in [-0.4, -0.2) is 63.2 Å². The van der Waals surface area contributed by atoms with E-state index in [9.17, 15) is 0 Å². The van der Waals surface area contributed by atoms with Crippen molar-refractivity contribution in [2.75, 3.05) is 7.05 Å². The molecule has 0 spiro atoms. The van der Waals surface area contributed by atoms with Gasteiger partial charge in [-0.3, -0.25) is 14.9 Å². The number of hydrogen-bond donors (Lipinski definition) is 1. The average Bonchev–Trinajstić information content (AvgIpc) is 3.99. The molecular weight excluding hydrogens is 665 g/mol. The molecule has 12 nitrogen and oxygen atoms in total. The van der Waals surface area contributed by atoms with Crippen molar-refractivity contribution in [1.82, 2.24) is 50.4 Å². The Bertz CT molecular complexity index is 2260. The van der Waals surface area contributed by atoms with Gasteiger partial charge < -0.3 is 14.4 Å². The van der Waals surface area contributed by atoms with Crippen LogP contribution < -0.4 is 5.32 Å². The van der Waals surface area contributed by atoms with E-state index in [0.717, 1.165) is 48.2 Å². The Morgan fingerprint density at radius 2 is 1.23 bits per heavy atom. The van der Waals surface area contributed by atoms with Gasteiger partial charge in [-0.25, -0.2) is 9.97 Å². The SMILES string of the molecule is CC1(C)CCC(c2nc(-c3ccc(C#Cc4ccccn4)cn3)no2)N1.CN1C(c2nc(-c3ccc(C#Cc4ccccn4)cn3)no2)CCC1(C)C. The van der Waals surface area contributed by atoms with Crippen molar-refractivity contribution in [3.05, 3.63) is 120 Å². The van der Waals surface area contributed by atoms with E-state index in [1.807, 2.05) is 60.7 Å². The summed E-state index contributed by atoms with van der Waals surface area (Å²) < 4.78 is 11.0. The van der Waals surface area contributed by atoms with Gasteiger partial charge in [0, 0.05) is 47.0 Å². The van der Waals surface area contributed by atoms with E-state index in [1.54, 1.807) is 24.8 Å². The molecule has 2 atom stereocenters. The lowest BCUT2D eigenvalue weighted by Gasteiger charge is -2.30. The molecule has 1 N–H and O–H groups in total. The molecule has 6 aromatic heterocycles. The summed E-state index contributed by atoms with van der Waals surface area (Å²) in [7, 11) is 2.11. The van der Waals surface area contributed by atoms with Gasteiger partial charge in [0.15, 0.2) is 0 Å². The van der Waals surface area contributed by atoms with E-state index in [2.05, 4.69) is 109 Å². The molecule has 0 aromatic carbocycles. The highest BCUT2D eigenvalue weighted by atomic mass is 16.5. The molecule has 266 valence electrons. The molecule has 0 saturated carbocycles. The highest BCUT2D eigenvalue weighted by molar-refractivity contribution is 5.51. The molecule has 53 heavy (non-hydrogen) atoms. The molecule has 2 aliphatic heterocycles. The first-order valence-corrected chi connectivity index (χ1v) is 17.6. The van der Waals surface area contributed by atoms with Crippen molar-refractivity contribution in [3.63, 3.8) is 0 Å². The summed E-state index contributed by atoms with van der Waals surface area (Å²) in [5.74, 6) is 14.4. The monoisotopic (exact) mass is 704 g/mol.